The number of hydrogen-bond acceptors (Lipinski definition) is 8. The van der Waals surface area contributed by atoms with E-state index in [9.17, 15) is 23.6 Å². The van der Waals surface area contributed by atoms with Crippen LogP contribution < -0.4 is 10.1 Å². The van der Waals surface area contributed by atoms with Crippen molar-refractivity contribution in [3.05, 3.63) is 24.0 Å². The SMILES string of the molecule is COC(=O)CC(NC(=O)[C@@H]1CCCN(C(=O)CCC2CCN(C(=O)OC(C)(C)C)CC2)C1)c1cncc(OCCF)c1. The van der Waals surface area contributed by atoms with Crippen molar-refractivity contribution in [2.24, 2.45) is 11.8 Å². The van der Waals surface area contributed by atoms with E-state index in [2.05, 4.69) is 10.3 Å². The van der Waals surface area contributed by atoms with E-state index in [1.165, 1.54) is 19.5 Å². The van der Waals surface area contributed by atoms with Crippen LogP contribution in [0.2, 0.25) is 0 Å². The number of esters is 1. The van der Waals surface area contributed by atoms with Gasteiger partial charge in [0.2, 0.25) is 11.8 Å². The maximum Gasteiger partial charge on any atom is 0.410 e. The summed E-state index contributed by atoms with van der Waals surface area (Å²) in [4.78, 5) is 58.4. The van der Waals surface area contributed by atoms with E-state index >= 15 is 0 Å². The van der Waals surface area contributed by atoms with Gasteiger partial charge < -0.3 is 29.3 Å². The zero-order valence-electron chi connectivity index (χ0n) is 25.2. The number of carbonyl (C=O) groups is 4. The van der Waals surface area contributed by atoms with Gasteiger partial charge in [-0.3, -0.25) is 19.4 Å². The molecule has 1 unspecified atom stereocenters. The van der Waals surface area contributed by atoms with E-state index in [0.717, 1.165) is 19.3 Å². The zero-order valence-corrected chi connectivity index (χ0v) is 25.2. The number of alkyl halides is 1. The summed E-state index contributed by atoms with van der Waals surface area (Å²) >= 11 is 0. The topological polar surface area (TPSA) is 127 Å². The molecule has 0 spiro atoms. The third kappa shape index (κ3) is 10.4. The zero-order chi connectivity index (χ0) is 30.7. The molecule has 2 saturated heterocycles. The summed E-state index contributed by atoms with van der Waals surface area (Å²) in [5.74, 6) is -0.472. The van der Waals surface area contributed by atoms with Crippen LogP contribution in [0.5, 0.6) is 5.75 Å². The number of aromatic nitrogens is 1. The summed E-state index contributed by atoms with van der Waals surface area (Å²) in [5, 5.41) is 2.93. The maximum atomic E-state index is 13.3. The predicted octanol–water partition coefficient (Wildman–Crippen LogP) is 3.82. The van der Waals surface area contributed by atoms with Crippen molar-refractivity contribution in [1.29, 1.82) is 0 Å². The Kier molecular flexibility index (Phi) is 12.4. The fraction of sp³-hybridized carbons (Fsp3) is 0.700. The largest absolute Gasteiger partial charge is 0.489 e. The third-order valence-corrected chi connectivity index (χ3v) is 7.58. The first-order chi connectivity index (χ1) is 20.0. The van der Waals surface area contributed by atoms with E-state index in [0.29, 0.717) is 62.7 Å². The highest BCUT2D eigenvalue weighted by atomic mass is 19.1. The number of methoxy groups -OCH3 is 1. The number of ether oxygens (including phenoxy) is 3. The molecule has 3 rings (SSSR count). The van der Waals surface area contributed by atoms with Crippen molar-refractivity contribution in [3.8, 4) is 5.75 Å². The van der Waals surface area contributed by atoms with Crippen molar-refractivity contribution in [2.45, 2.75) is 77.4 Å². The van der Waals surface area contributed by atoms with Gasteiger partial charge in [-0.1, -0.05) is 0 Å². The lowest BCUT2D eigenvalue weighted by Crippen LogP contribution is -2.46. The Morgan fingerprint density at radius 1 is 1.10 bits per heavy atom. The van der Waals surface area contributed by atoms with Gasteiger partial charge in [-0.15, -0.1) is 0 Å². The second kappa shape index (κ2) is 15.7. The molecule has 2 fully saturated rings. The summed E-state index contributed by atoms with van der Waals surface area (Å²) in [5.41, 5.74) is 0.00596. The van der Waals surface area contributed by atoms with Crippen molar-refractivity contribution in [3.63, 3.8) is 0 Å². The normalized spacial score (nSPS) is 18.6. The standard InChI is InChI=1S/C30H45FN4O7/c1-30(2,3)42-29(39)34-13-9-21(10-14-34)7-8-26(36)35-12-5-6-22(20-35)28(38)33-25(17-27(37)40-4)23-16-24(19-32-18-23)41-15-11-31/h16,18-19,21-22,25H,5-15,17,20H2,1-4H3,(H,33,38)/t22-,25?/m1/s1. The molecule has 0 aromatic carbocycles. The quantitative estimate of drug-likeness (QED) is 0.385. The van der Waals surface area contributed by atoms with Gasteiger partial charge in [0, 0.05) is 38.8 Å². The van der Waals surface area contributed by atoms with Crippen LogP contribution in [0.3, 0.4) is 0 Å². The molecule has 42 heavy (non-hydrogen) atoms. The molecule has 11 nitrogen and oxygen atoms in total. The van der Waals surface area contributed by atoms with E-state index in [-0.39, 0.29) is 30.9 Å². The number of halogens is 1. The highest BCUT2D eigenvalue weighted by Gasteiger charge is 2.32. The van der Waals surface area contributed by atoms with Gasteiger partial charge in [0.25, 0.3) is 0 Å². The van der Waals surface area contributed by atoms with Gasteiger partial charge in [0.05, 0.1) is 31.7 Å². The summed E-state index contributed by atoms with van der Waals surface area (Å²) in [7, 11) is 1.27. The number of pyridine rings is 1. The Balaban J connectivity index is 1.51. The molecule has 2 aliphatic heterocycles. The number of rotatable bonds is 11. The van der Waals surface area contributed by atoms with Gasteiger partial charge >= 0.3 is 12.1 Å². The molecular formula is C30H45FN4O7. The average Bonchev–Trinajstić information content (AvgIpc) is 2.97. The van der Waals surface area contributed by atoms with Crippen molar-refractivity contribution < 1.29 is 37.8 Å². The van der Waals surface area contributed by atoms with Crippen LogP contribution in [-0.2, 0) is 23.9 Å². The summed E-state index contributed by atoms with van der Waals surface area (Å²) in [6, 6.07) is 0.898. The minimum atomic E-state index is -0.719. The maximum absolute atomic E-state index is 13.3. The van der Waals surface area contributed by atoms with Gasteiger partial charge in [-0.05, 0) is 70.4 Å². The van der Waals surface area contributed by atoms with E-state index in [1.54, 1.807) is 15.9 Å². The van der Waals surface area contributed by atoms with Gasteiger partial charge in [0.15, 0.2) is 0 Å². The Bertz CT molecular complexity index is 1070. The summed E-state index contributed by atoms with van der Waals surface area (Å²) in [6.45, 7) is 6.91. The van der Waals surface area contributed by atoms with Crippen LogP contribution in [0.25, 0.3) is 0 Å². The highest BCUT2D eigenvalue weighted by Crippen LogP contribution is 2.26. The highest BCUT2D eigenvalue weighted by molar-refractivity contribution is 5.82. The average molecular weight is 593 g/mol. The second-order valence-corrected chi connectivity index (χ2v) is 12.0. The number of hydrogen-bond donors (Lipinski definition) is 1. The number of likely N-dealkylation sites (tertiary alicyclic amines) is 2. The number of nitrogens with zero attached hydrogens (tertiary/aromatic N) is 3. The van der Waals surface area contributed by atoms with Gasteiger partial charge in [0.1, 0.15) is 24.6 Å². The van der Waals surface area contributed by atoms with Crippen LogP contribution in [0, 0.1) is 11.8 Å². The molecule has 0 radical (unpaired) electrons. The molecule has 12 heteroatoms. The lowest BCUT2D eigenvalue weighted by atomic mass is 9.91. The predicted molar refractivity (Wildman–Crippen MR) is 152 cm³/mol. The Hall–Kier alpha value is -3.44. The van der Waals surface area contributed by atoms with E-state index in [1.807, 2.05) is 20.8 Å². The van der Waals surface area contributed by atoms with Crippen molar-refractivity contribution in [1.82, 2.24) is 20.1 Å². The fourth-order valence-corrected chi connectivity index (χ4v) is 5.29. The molecule has 2 aliphatic rings. The molecule has 234 valence electrons. The molecule has 2 atom stereocenters. The molecule has 3 amide bonds. The molecule has 1 aromatic heterocycles. The number of nitrogens with one attached hydrogen (secondary N) is 1. The monoisotopic (exact) mass is 592 g/mol. The van der Waals surface area contributed by atoms with Crippen molar-refractivity contribution in [2.75, 3.05) is 46.6 Å². The van der Waals surface area contributed by atoms with E-state index < -0.39 is 30.2 Å². The summed E-state index contributed by atoms with van der Waals surface area (Å²) in [6.07, 6.45) is 6.67. The third-order valence-electron chi connectivity index (χ3n) is 7.58. The first-order valence-corrected chi connectivity index (χ1v) is 14.8. The minimum absolute atomic E-state index is 0.0232. The molecule has 0 aliphatic carbocycles. The Labute approximate surface area is 247 Å². The van der Waals surface area contributed by atoms with E-state index in [4.69, 9.17) is 14.2 Å². The molecule has 1 aromatic rings. The van der Waals surface area contributed by atoms with Crippen LogP contribution in [-0.4, -0.2) is 90.8 Å². The van der Waals surface area contributed by atoms with Crippen LogP contribution in [0.4, 0.5) is 9.18 Å². The Morgan fingerprint density at radius 3 is 2.50 bits per heavy atom. The van der Waals surface area contributed by atoms with Gasteiger partial charge in [-0.2, -0.15) is 0 Å². The lowest BCUT2D eigenvalue weighted by molar-refractivity contribution is -0.141. The molecule has 3 heterocycles. The summed E-state index contributed by atoms with van der Waals surface area (Å²) < 4.78 is 28.1. The van der Waals surface area contributed by atoms with Crippen LogP contribution >= 0.6 is 0 Å². The second-order valence-electron chi connectivity index (χ2n) is 12.0. The number of piperidine rings is 2. The number of amides is 3. The first kappa shape index (κ1) is 33.1. The Morgan fingerprint density at radius 2 is 1.83 bits per heavy atom. The van der Waals surface area contributed by atoms with Gasteiger partial charge in [-0.25, -0.2) is 9.18 Å². The van der Waals surface area contributed by atoms with Crippen LogP contribution in [0.15, 0.2) is 18.5 Å². The van der Waals surface area contributed by atoms with Crippen molar-refractivity contribution >= 4 is 23.9 Å². The first-order valence-electron chi connectivity index (χ1n) is 14.8. The molecular weight excluding hydrogens is 547 g/mol. The fourth-order valence-electron chi connectivity index (χ4n) is 5.29. The number of carbonyl (C=O) groups excluding carboxylic acids is 4. The minimum Gasteiger partial charge on any atom is -0.489 e. The smallest absolute Gasteiger partial charge is 0.410 e. The van der Waals surface area contributed by atoms with Crippen LogP contribution in [0.1, 0.15) is 77.3 Å². The lowest BCUT2D eigenvalue weighted by Gasteiger charge is -2.35. The molecule has 1 N–H and O–H groups in total. The molecule has 0 bridgehead atoms. The molecule has 0 saturated carbocycles.